The van der Waals surface area contributed by atoms with Gasteiger partial charge in [-0.25, -0.2) is 23.1 Å². The highest BCUT2D eigenvalue weighted by atomic mass is 32.2. The summed E-state index contributed by atoms with van der Waals surface area (Å²) < 4.78 is 25.7. The molecule has 0 unspecified atom stereocenters. The smallest absolute Gasteiger partial charge is 0.243 e. The minimum atomic E-state index is -3.70. The monoisotopic (exact) mass is 273 g/mol. The number of hydrogen-bond acceptors (Lipinski definition) is 6. The molecule has 0 radical (unpaired) electrons. The average Bonchev–Trinajstić information content (AvgIpc) is 2.29. The van der Waals surface area contributed by atoms with Crippen molar-refractivity contribution in [2.75, 3.05) is 18.4 Å². The molecule has 0 fully saturated rings. The van der Waals surface area contributed by atoms with Gasteiger partial charge >= 0.3 is 0 Å². The molecule has 18 heavy (non-hydrogen) atoms. The van der Waals surface area contributed by atoms with Gasteiger partial charge in [-0.2, -0.15) is 0 Å². The van der Waals surface area contributed by atoms with E-state index in [1.54, 1.807) is 0 Å². The Kier molecular flexibility index (Phi) is 4.98. The topological polar surface area (TPSA) is 127 Å². The summed E-state index contributed by atoms with van der Waals surface area (Å²) in [7, 11) is -3.70. The summed E-state index contributed by atoms with van der Waals surface area (Å²) in [5, 5.41) is 2.85. The van der Waals surface area contributed by atoms with Crippen molar-refractivity contribution < 1.29 is 13.2 Å². The molecular weight excluding hydrogens is 258 g/mol. The summed E-state index contributed by atoms with van der Waals surface area (Å²) in [5.41, 5.74) is 4.91. The van der Waals surface area contributed by atoms with Crippen LogP contribution in [-0.2, 0) is 14.8 Å². The first-order valence-corrected chi connectivity index (χ1v) is 6.78. The minimum absolute atomic E-state index is 0.0490. The maximum atomic E-state index is 11.7. The zero-order chi connectivity index (χ0) is 13.6. The highest BCUT2D eigenvalue weighted by molar-refractivity contribution is 7.89. The van der Waals surface area contributed by atoms with Gasteiger partial charge in [0.2, 0.25) is 21.9 Å². The standard InChI is InChI=1S/C9H15N5O3S/c1-2-11-9-12-5-7(6-13-9)18(16,17)14-4-3-8(10)15/h5-6,14H,2-4H2,1H3,(H2,10,15)(H,11,12,13). The first-order chi connectivity index (χ1) is 8.45. The van der Waals surface area contributed by atoms with Crippen LogP contribution in [0.4, 0.5) is 5.95 Å². The van der Waals surface area contributed by atoms with E-state index < -0.39 is 15.9 Å². The van der Waals surface area contributed by atoms with Crippen molar-refractivity contribution in [3.8, 4) is 0 Å². The number of carbonyl (C=O) groups excluding carboxylic acids is 1. The van der Waals surface area contributed by atoms with Gasteiger partial charge in [-0.05, 0) is 6.92 Å². The van der Waals surface area contributed by atoms with Crippen molar-refractivity contribution in [2.24, 2.45) is 5.73 Å². The van der Waals surface area contributed by atoms with Gasteiger partial charge in [0.25, 0.3) is 0 Å². The van der Waals surface area contributed by atoms with Gasteiger partial charge in [-0.15, -0.1) is 0 Å². The fourth-order valence-corrected chi connectivity index (χ4v) is 2.02. The van der Waals surface area contributed by atoms with E-state index in [-0.39, 0.29) is 17.9 Å². The molecule has 0 aliphatic rings. The lowest BCUT2D eigenvalue weighted by atomic mass is 10.4. The lowest BCUT2D eigenvalue weighted by molar-refractivity contribution is -0.117. The van der Waals surface area contributed by atoms with Crippen LogP contribution in [0.2, 0.25) is 0 Å². The average molecular weight is 273 g/mol. The summed E-state index contributed by atoms with van der Waals surface area (Å²) in [5.74, 6) is -0.218. The predicted molar refractivity (Wildman–Crippen MR) is 65.2 cm³/mol. The largest absolute Gasteiger partial charge is 0.370 e. The first-order valence-electron chi connectivity index (χ1n) is 5.29. The Morgan fingerprint density at radius 3 is 2.50 bits per heavy atom. The van der Waals surface area contributed by atoms with Crippen molar-refractivity contribution in [3.05, 3.63) is 12.4 Å². The zero-order valence-corrected chi connectivity index (χ0v) is 10.7. The lowest BCUT2D eigenvalue weighted by Crippen LogP contribution is -2.28. The number of aromatic nitrogens is 2. The summed E-state index contributed by atoms with van der Waals surface area (Å²) >= 11 is 0. The summed E-state index contributed by atoms with van der Waals surface area (Å²) in [6.45, 7) is 2.47. The van der Waals surface area contributed by atoms with Crippen LogP contribution in [0.1, 0.15) is 13.3 Å². The number of sulfonamides is 1. The second-order valence-electron chi connectivity index (χ2n) is 3.39. The number of hydrogen-bond donors (Lipinski definition) is 3. The van der Waals surface area contributed by atoms with Gasteiger partial charge in [-0.3, -0.25) is 4.79 Å². The Labute approximate surface area is 105 Å². The molecule has 1 amide bonds. The fourth-order valence-electron chi connectivity index (χ4n) is 1.10. The molecule has 0 saturated heterocycles. The molecule has 0 bridgehead atoms. The SMILES string of the molecule is CCNc1ncc(S(=O)(=O)NCCC(N)=O)cn1. The normalized spacial score (nSPS) is 11.2. The van der Waals surface area contributed by atoms with Crippen LogP contribution in [-0.4, -0.2) is 37.4 Å². The maximum absolute atomic E-state index is 11.7. The number of nitrogens with one attached hydrogen (secondary N) is 2. The van der Waals surface area contributed by atoms with E-state index in [0.717, 1.165) is 0 Å². The van der Waals surface area contributed by atoms with Gasteiger partial charge in [-0.1, -0.05) is 0 Å². The molecule has 1 aromatic heterocycles. The Morgan fingerprint density at radius 1 is 1.39 bits per heavy atom. The van der Waals surface area contributed by atoms with Crippen molar-refractivity contribution in [1.29, 1.82) is 0 Å². The van der Waals surface area contributed by atoms with Crippen molar-refractivity contribution in [3.63, 3.8) is 0 Å². The number of carbonyl (C=O) groups is 1. The molecule has 1 rings (SSSR count). The van der Waals surface area contributed by atoms with Gasteiger partial charge < -0.3 is 11.1 Å². The van der Waals surface area contributed by atoms with Crippen LogP contribution in [0, 0.1) is 0 Å². The molecule has 100 valence electrons. The second-order valence-corrected chi connectivity index (χ2v) is 5.15. The van der Waals surface area contributed by atoms with E-state index >= 15 is 0 Å². The molecule has 0 spiro atoms. The fraction of sp³-hybridized carbons (Fsp3) is 0.444. The third-order valence-electron chi connectivity index (χ3n) is 1.94. The molecule has 0 aliphatic heterocycles. The van der Waals surface area contributed by atoms with E-state index in [4.69, 9.17) is 5.73 Å². The van der Waals surface area contributed by atoms with E-state index in [1.165, 1.54) is 12.4 Å². The maximum Gasteiger partial charge on any atom is 0.243 e. The molecule has 1 heterocycles. The molecule has 0 aliphatic carbocycles. The summed E-state index contributed by atoms with van der Waals surface area (Å²) in [6.07, 6.45) is 2.32. The summed E-state index contributed by atoms with van der Waals surface area (Å²) in [6, 6.07) is 0. The quantitative estimate of drug-likeness (QED) is 0.588. The summed E-state index contributed by atoms with van der Waals surface area (Å²) in [4.78, 5) is 18.1. The second kappa shape index (κ2) is 6.26. The van der Waals surface area contributed by atoms with E-state index in [2.05, 4.69) is 20.0 Å². The van der Waals surface area contributed by atoms with Crippen LogP contribution in [0.25, 0.3) is 0 Å². The Hall–Kier alpha value is -1.74. The van der Waals surface area contributed by atoms with Crippen LogP contribution >= 0.6 is 0 Å². The van der Waals surface area contributed by atoms with Crippen molar-refractivity contribution in [2.45, 2.75) is 18.2 Å². The minimum Gasteiger partial charge on any atom is -0.370 e. The molecule has 9 heteroatoms. The third-order valence-corrected chi connectivity index (χ3v) is 3.35. The van der Waals surface area contributed by atoms with Crippen LogP contribution in [0.3, 0.4) is 0 Å². The van der Waals surface area contributed by atoms with Crippen molar-refractivity contribution in [1.82, 2.24) is 14.7 Å². The van der Waals surface area contributed by atoms with Crippen LogP contribution < -0.4 is 15.8 Å². The van der Waals surface area contributed by atoms with Crippen LogP contribution in [0.5, 0.6) is 0 Å². The van der Waals surface area contributed by atoms with Crippen molar-refractivity contribution >= 4 is 21.9 Å². The third kappa shape index (κ3) is 4.26. The highest BCUT2D eigenvalue weighted by Crippen LogP contribution is 2.06. The molecule has 1 aromatic rings. The lowest BCUT2D eigenvalue weighted by Gasteiger charge is -2.06. The van der Waals surface area contributed by atoms with Crippen LogP contribution in [0.15, 0.2) is 17.3 Å². The highest BCUT2D eigenvalue weighted by Gasteiger charge is 2.14. The van der Waals surface area contributed by atoms with Gasteiger partial charge in [0.05, 0.1) is 12.4 Å². The van der Waals surface area contributed by atoms with E-state index in [9.17, 15) is 13.2 Å². The zero-order valence-electron chi connectivity index (χ0n) is 9.88. The van der Waals surface area contributed by atoms with Gasteiger partial charge in [0.15, 0.2) is 0 Å². The van der Waals surface area contributed by atoms with E-state index in [0.29, 0.717) is 12.5 Å². The Morgan fingerprint density at radius 2 is 2.00 bits per heavy atom. The number of nitrogens with two attached hydrogens (primary N) is 1. The molecule has 0 atom stereocenters. The number of amides is 1. The molecule has 0 aromatic carbocycles. The number of nitrogens with zero attached hydrogens (tertiary/aromatic N) is 2. The number of primary amides is 1. The number of rotatable bonds is 7. The predicted octanol–water partition coefficient (Wildman–Crippen LogP) is -0.938. The van der Waals surface area contributed by atoms with E-state index in [1.807, 2.05) is 6.92 Å². The number of anilines is 1. The molecule has 4 N–H and O–H groups in total. The first kappa shape index (κ1) is 14.3. The molecule has 8 nitrogen and oxygen atoms in total. The Balaban J connectivity index is 2.69. The Bertz CT molecular complexity index is 499. The van der Waals surface area contributed by atoms with Gasteiger partial charge in [0.1, 0.15) is 4.90 Å². The van der Waals surface area contributed by atoms with Gasteiger partial charge in [0, 0.05) is 19.5 Å². The molecular formula is C9H15N5O3S. The molecule has 0 saturated carbocycles.